The lowest BCUT2D eigenvalue weighted by Crippen LogP contribution is -1.96. The highest BCUT2D eigenvalue weighted by Gasteiger charge is 2.10. The first-order valence-corrected chi connectivity index (χ1v) is 6.65. The second-order valence-corrected chi connectivity index (χ2v) is 4.38. The fourth-order valence-electron chi connectivity index (χ4n) is 1.65. The van der Waals surface area contributed by atoms with Gasteiger partial charge in [0.15, 0.2) is 0 Å². The summed E-state index contributed by atoms with van der Waals surface area (Å²) >= 11 is 1.63. The van der Waals surface area contributed by atoms with Gasteiger partial charge in [-0.3, -0.25) is 0 Å². The summed E-state index contributed by atoms with van der Waals surface area (Å²) in [6.07, 6.45) is 4.25. The second-order valence-electron chi connectivity index (χ2n) is 3.53. The maximum Gasteiger partial charge on any atom is 0.132 e. The van der Waals surface area contributed by atoms with Crippen molar-refractivity contribution in [2.24, 2.45) is 0 Å². The lowest BCUT2D eigenvalue weighted by atomic mass is 10.1. The zero-order valence-corrected chi connectivity index (χ0v) is 11.3. The molecule has 0 aliphatic heterocycles. The fourth-order valence-corrected chi connectivity index (χ4v) is 2.21. The van der Waals surface area contributed by atoms with Gasteiger partial charge >= 0.3 is 0 Å². The summed E-state index contributed by atoms with van der Waals surface area (Å²) in [7, 11) is 3.33. The highest BCUT2D eigenvalue weighted by atomic mass is 32.2. The zero-order valence-electron chi connectivity index (χ0n) is 10.4. The molecule has 1 aromatic rings. The third-order valence-electron chi connectivity index (χ3n) is 2.52. The lowest BCUT2D eigenvalue weighted by Gasteiger charge is -2.13. The van der Waals surface area contributed by atoms with E-state index in [1.165, 1.54) is 0 Å². The molecule has 1 rings (SSSR count). The number of thioether (sulfide) groups is 1. The Morgan fingerprint density at radius 1 is 1.24 bits per heavy atom. The van der Waals surface area contributed by atoms with Gasteiger partial charge in [0.05, 0.1) is 25.2 Å². The fraction of sp³-hybridized carbons (Fsp3) is 0.462. The van der Waals surface area contributed by atoms with Gasteiger partial charge in [-0.05, 0) is 36.8 Å². The van der Waals surface area contributed by atoms with Gasteiger partial charge in [0.1, 0.15) is 11.5 Å². The molecule has 4 heteroatoms. The predicted octanol–water partition coefficient (Wildman–Crippen LogP) is 3.27. The molecular weight excluding hydrogens is 234 g/mol. The summed E-state index contributed by atoms with van der Waals surface area (Å²) in [5.41, 5.74) is 1.09. The molecule has 0 unspecified atom stereocenters. The Morgan fingerprint density at radius 2 is 1.94 bits per heavy atom. The number of ether oxygens (including phenoxy) is 2. The van der Waals surface area contributed by atoms with E-state index in [0.29, 0.717) is 6.42 Å². The van der Waals surface area contributed by atoms with Gasteiger partial charge in [0.2, 0.25) is 0 Å². The number of nitrogens with zero attached hydrogens (tertiary/aromatic N) is 1. The minimum atomic E-state index is 0.565. The van der Waals surface area contributed by atoms with Crippen LogP contribution in [0, 0.1) is 11.3 Å². The molecule has 0 N–H and O–H groups in total. The van der Waals surface area contributed by atoms with Crippen LogP contribution in [0.25, 0.3) is 0 Å². The molecule has 3 nitrogen and oxygen atoms in total. The molecule has 0 bridgehead atoms. The standard InChI is InChI=1S/C13H17NO2S/c1-15-11-9-13(17-3)12(16-2)8-10(11)6-4-5-7-14/h8-9H,4-6H2,1-3H3. The minimum Gasteiger partial charge on any atom is -0.496 e. The summed E-state index contributed by atoms with van der Waals surface area (Å²) in [4.78, 5) is 1.06. The smallest absolute Gasteiger partial charge is 0.132 e. The zero-order chi connectivity index (χ0) is 12.7. The van der Waals surface area contributed by atoms with Crippen LogP contribution >= 0.6 is 11.8 Å². The summed E-state index contributed by atoms with van der Waals surface area (Å²) in [5, 5.41) is 8.54. The molecule has 92 valence electrons. The SMILES string of the molecule is COc1cc(SC)c(OC)cc1CCCC#N. The van der Waals surface area contributed by atoms with Crippen molar-refractivity contribution < 1.29 is 9.47 Å². The van der Waals surface area contributed by atoms with Crippen molar-refractivity contribution in [3.05, 3.63) is 17.7 Å². The van der Waals surface area contributed by atoms with E-state index in [0.717, 1.165) is 34.8 Å². The van der Waals surface area contributed by atoms with Gasteiger partial charge < -0.3 is 9.47 Å². The molecule has 0 amide bonds. The predicted molar refractivity (Wildman–Crippen MR) is 69.9 cm³/mol. The van der Waals surface area contributed by atoms with E-state index in [-0.39, 0.29) is 0 Å². The second kappa shape index (κ2) is 7.08. The Morgan fingerprint density at radius 3 is 2.47 bits per heavy atom. The molecule has 0 aliphatic rings. The van der Waals surface area contributed by atoms with Crippen LogP contribution in [0.4, 0.5) is 0 Å². The van der Waals surface area contributed by atoms with Gasteiger partial charge in [-0.25, -0.2) is 0 Å². The minimum absolute atomic E-state index is 0.565. The molecule has 0 spiro atoms. The molecule has 0 fully saturated rings. The maximum absolute atomic E-state index is 8.54. The quantitative estimate of drug-likeness (QED) is 0.575. The van der Waals surface area contributed by atoms with E-state index in [2.05, 4.69) is 6.07 Å². The Labute approximate surface area is 107 Å². The molecule has 0 heterocycles. The molecular formula is C13H17NO2S. The van der Waals surface area contributed by atoms with E-state index >= 15 is 0 Å². The molecule has 0 radical (unpaired) electrons. The van der Waals surface area contributed by atoms with Crippen molar-refractivity contribution in [1.29, 1.82) is 5.26 Å². The first-order chi connectivity index (χ1) is 8.26. The van der Waals surface area contributed by atoms with Crippen molar-refractivity contribution in [3.63, 3.8) is 0 Å². The van der Waals surface area contributed by atoms with Gasteiger partial charge in [0, 0.05) is 6.42 Å². The summed E-state index contributed by atoms with van der Waals surface area (Å²) < 4.78 is 10.7. The van der Waals surface area contributed by atoms with Crippen LogP contribution in [0.2, 0.25) is 0 Å². The summed E-state index contributed by atoms with van der Waals surface area (Å²) in [6, 6.07) is 6.14. The summed E-state index contributed by atoms with van der Waals surface area (Å²) in [5.74, 6) is 1.73. The number of benzene rings is 1. The van der Waals surface area contributed by atoms with Crippen molar-refractivity contribution in [3.8, 4) is 17.6 Å². The Balaban J connectivity index is 2.98. The van der Waals surface area contributed by atoms with E-state index in [1.54, 1.807) is 26.0 Å². The van der Waals surface area contributed by atoms with E-state index in [1.807, 2.05) is 18.4 Å². The van der Waals surface area contributed by atoms with Gasteiger partial charge in [0.25, 0.3) is 0 Å². The molecule has 0 aromatic heterocycles. The van der Waals surface area contributed by atoms with Crippen molar-refractivity contribution in [2.45, 2.75) is 24.2 Å². The molecule has 0 saturated carbocycles. The highest BCUT2D eigenvalue weighted by Crippen LogP contribution is 2.35. The van der Waals surface area contributed by atoms with E-state index < -0.39 is 0 Å². The van der Waals surface area contributed by atoms with Crippen LogP contribution in [0.1, 0.15) is 18.4 Å². The Bertz CT molecular complexity index is 413. The molecule has 0 saturated heterocycles. The van der Waals surface area contributed by atoms with Crippen LogP contribution < -0.4 is 9.47 Å². The van der Waals surface area contributed by atoms with Crippen molar-refractivity contribution in [2.75, 3.05) is 20.5 Å². The number of aryl methyl sites for hydroxylation is 1. The largest absolute Gasteiger partial charge is 0.496 e. The number of rotatable bonds is 6. The first kappa shape index (κ1) is 13.7. The Kier molecular flexibility index (Phi) is 5.71. The molecule has 0 atom stereocenters. The van der Waals surface area contributed by atoms with Crippen LogP contribution in [0.5, 0.6) is 11.5 Å². The Hall–Kier alpha value is -1.34. The first-order valence-electron chi connectivity index (χ1n) is 5.42. The molecule has 1 aromatic carbocycles. The van der Waals surface area contributed by atoms with E-state index in [4.69, 9.17) is 14.7 Å². The van der Waals surface area contributed by atoms with Crippen molar-refractivity contribution >= 4 is 11.8 Å². The monoisotopic (exact) mass is 251 g/mol. The third kappa shape index (κ3) is 3.57. The third-order valence-corrected chi connectivity index (χ3v) is 3.28. The average Bonchev–Trinajstić information content (AvgIpc) is 2.38. The molecule has 0 aliphatic carbocycles. The number of methoxy groups -OCH3 is 2. The summed E-state index contributed by atoms with van der Waals surface area (Å²) in [6.45, 7) is 0. The van der Waals surface area contributed by atoms with Crippen molar-refractivity contribution in [1.82, 2.24) is 0 Å². The van der Waals surface area contributed by atoms with Gasteiger partial charge in [-0.15, -0.1) is 11.8 Å². The van der Waals surface area contributed by atoms with E-state index in [9.17, 15) is 0 Å². The topological polar surface area (TPSA) is 42.2 Å². The van der Waals surface area contributed by atoms with Gasteiger partial charge in [-0.2, -0.15) is 5.26 Å². The number of hydrogen-bond donors (Lipinski definition) is 0. The van der Waals surface area contributed by atoms with Crippen LogP contribution in [0.3, 0.4) is 0 Å². The maximum atomic E-state index is 8.54. The number of hydrogen-bond acceptors (Lipinski definition) is 4. The highest BCUT2D eigenvalue weighted by molar-refractivity contribution is 7.98. The van der Waals surface area contributed by atoms with Crippen LogP contribution in [-0.2, 0) is 6.42 Å². The van der Waals surface area contributed by atoms with Gasteiger partial charge in [-0.1, -0.05) is 0 Å². The van der Waals surface area contributed by atoms with Crippen LogP contribution in [-0.4, -0.2) is 20.5 Å². The van der Waals surface area contributed by atoms with Crippen LogP contribution in [0.15, 0.2) is 17.0 Å². The molecule has 17 heavy (non-hydrogen) atoms. The average molecular weight is 251 g/mol. The number of unbranched alkanes of at least 4 members (excludes halogenated alkanes) is 1. The normalized spacial score (nSPS) is 9.76. The lowest BCUT2D eigenvalue weighted by molar-refractivity contribution is 0.390. The number of nitriles is 1.